The highest BCUT2D eigenvalue weighted by Crippen LogP contribution is 2.34. The predicted molar refractivity (Wildman–Crippen MR) is 96.2 cm³/mol. The summed E-state index contributed by atoms with van der Waals surface area (Å²) < 4.78 is 46.5. The fraction of sp³-hybridized carbons (Fsp3) is 0.474. The number of amides is 1. The normalized spacial score (nSPS) is 17.8. The molecule has 7 nitrogen and oxygen atoms in total. The van der Waals surface area contributed by atoms with Crippen molar-refractivity contribution in [2.45, 2.75) is 51.7 Å². The van der Waals surface area contributed by atoms with E-state index < -0.39 is 17.9 Å². The topological polar surface area (TPSA) is 76.5 Å². The maximum absolute atomic E-state index is 13.5. The van der Waals surface area contributed by atoms with Crippen molar-refractivity contribution >= 4 is 11.6 Å². The van der Waals surface area contributed by atoms with Crippen LogP contribution in [0.4, 0.5) is 13.2 Å². The summed E-state index contributed by atoms with van der Waals surface area (Å²) in [7, 11) is 0. The molecule has 1 saturated heterocycles. The maximum atomic E-state index is 13.5. The van der Waals surface area contributed by atoms with Crippen LogP contribution in [0.1, 0.15) is 65.6 Å². The maximum Gasteiger partial charge on any atom is 0.433 e. The van der Waals surface area contributed by atoms with Crippen molar-refractivity contribution in [2.24, 2.45) is 0 Å². The largest absolute Gasteiger partial charge is 0.433 e. The molecular weight excluding hydrogens is 387 g/mol. The molecule has 3 aromatic heterocycles. The number of aryl methyl sites for hydroxylation is 2. The van der Waals surface area contributed by atoms with E-state index in [9.17, 15) is 18.0 Å². The first-order valence-electron chi connectivity index (χ1n) is 9.49. The lowest BCUT2D eigenvalue weighted by atomic mass is 9.99. The van der Waals surface area contributed by atoms with Gasteiger partial charge in [0.1, 0.15) is 5.69 Å². The van der Waals surface area contributed by atoms with Gasteiger partial charge in [-0.25, -0.2) is 9.50 Å². The Bertz CT molecular complexity index is 1060. The van der Waals surface area contributed by atoms with Crippen LogP contribution in [0, 0.1) is 6.92 Å². The van der Waals surface area contributed by atoms with Crippen molar-refractivity contribution in [2.75, 3.05) is 6.54 Å². The van der Waals surface area contributed by atoms with E-state index >= 15 is 0 Å². The molecule has 154 valence electrons. The van der Waals surface area contributed by atoms with Gasteiger partial charge in [0.05, 0.1) is 17.4 Å². The van der Waals surface area contributed by atoms with Gasteiger partial charge in [0.15, 0.2) is 5.65 Å². The van der Waals surface area contributed by atoms with Crippen molar-refractivity contribution in [3.05, 3.63) is 46.7 Å². The van der Waals surface area contributed by atoms with Crippen LogP contribution < -0.4 is 0 Å². The van der Waals surface area contributed by atoms with E-state index in [1.54, 1.807) is 24.8 Å². The molecule has 0 unspecified atom stereocenters. The number of alkyl halides is 3. The second-order valence-corrected chi connectivity index (χ2v) is 7.17. The summed E-state index contributed by atoms with van der Waals surface area (Å²) in [5.74, 6) is -0.230. The minimum Gasteiger partial charge on any atom is -0.351 e. The third-order valence-corrected chi connectivity index (χ3v) is 5.10. The van der Waals surface area contributed by atoms with Gasteiger partial charge in [0, 0.05) is 24.4 Å². The number of nitrogens with zero attached hydrogens (tertiary/aromatic N) is 5. The summed E-state index contributed by atoms with van der Waals surface area (Å²) in [5.41, 5.74) is 0.566. The fourth-order valence-electron chi connectivity index (χ4n) is 3.68. The summed E-state index contributed by atoms with van der Waals surface area (Å²) in [6.45, 7) is 3.93. The minimum atomic E-state index is -4.56. The van der Waals surface area contributed by atoms with Crippen molar-refractivity contribution < 1.29 is 22.5 Å². The molecule has 1 amide bonds. The molecule has 1 aliphatic rings. The average molecular weight is 407 g/mol. The van der Waals surface area contributed by atoms with E-state index in [0.717, 1.165) is 23.4 Å². The molecule has 0 radical (unpaired) electrons. The van der Waals surface area contributed by atoms with Gasteiger partial charge in [-0.2, -0.15) is 18.3 Å². The number of carbonyl (C=O) groups excluding carboxylic acids is 1. The minimum absolute atomic E-state index is 0.112. The predicted octanol–water partition coefficient (Wildman–Crippen LogP) is 3.97. The molecule has 0 aromatic carbocycles. The molecule has 29 heavy (non-hydrogen) atoms. The molecule has 4 heterocycles. The summed E-state index contributed by atoms with van der Waals surface area (Å²) in [4.78, 5) is 18.8. The van der Waals surface area contributed by atoms with E-state index in [0.29, 0.717) is 36.5 Å². The Kier molecular flexibility index (Phi) is 4.79. The van der Waals surface area contributed by atoms with E-state index in [2.05, 4.69) is 15.2 Å². The van der Waals surface area contributed by atoms with Gasteiger partial charge in [-0.15, -0.1) is 0 Å². The molecule has 0 N–H and O–H groups in total. The third kappa shape index (κ3) is 3.58. The Balaban J connectivity index is 1.76. The summed E-state index contributed by atoms with van der Waals surface area (Å²) in [6, 6.07) is 3.66. The first kappa shape index (κ1) is 19.4. The quantitative estimate of drug-likeness (QED) is 0.657. The number of carbonyl (C=O) groups is 1. The molecule has 0 spiro atoms. The first-order chi connectivity index (χ1) is 13.8. The van der Waals surface area contributed by atoms with Gasteiger partial charge in [-0.3, -0.25) is 4.79 Å². The highest BCUT2D eigenvalue weighted by Gasteiger charge is 2.37. The highest BCUT2D eigenvalue weighted by atomic mass is 19.4. The Hall–Kier alpha value is -2.91. The van der Waals surface area contributed by atoms with Crippen LogP contribution in [0.25, 0.3) is 5.65 Å². The number of hydrogen-bond acceptors (Lipinski definition) is 5. The lowest BCUT2D eigenvalue weighted by molar-refractivity contribution is -0.142. The van der Waals surface area contributed by atoms with Crippen LogP contribution in [0.15, 0.2) is 22.7 Å². The van der Waals surface area contributed by atoms with E-state index in [1.165, 1.54) is 6.07 Å². The highest BCUT2D eigenvalue weighted by molar-refractivity contribution is 5.91. The molecule has 1 atom stereocenters. The zero-order valence-corrected chi connectivity index (χ0v) is 16.0. The third-order valence-electron chi connectivity index (χ3n) is 5.10. The van der Waals surface area contributed by atoms with Gasteiger partial charge in [-0.05, 0) is 38.7 Å². The Morgan fingerprint density at radius 2 is 2.07 bits per heavy atom. The molecule has 4 rings (SSSR count). The van der Waals surface area contributed by atoms with E-state index in [1.807, 2.05) is 0 Å². The van der Waals surface area contributed by atoms with Crippen LogP contribution in [0.3, 0.4) is 0 Å². The summed E-state index contributed by atoms with van der Waals surface area (Å²) in [5, 5.41) is 7.95. The van der Waals surface area contributed by atoms with Crippen LogP contribution >= 0.6 is 0 Å². The standard InChI is InChI=1S/C19H20F3N5O2/c1-3-12-9-16(19(20,21)22)27-17(23-12)10-13(24-27)14-6-4-5-7-26(14)18(28)15-8-11(2)25-29-15/h8-10,14H,3-7H2,1-2H3/t14-/m1/s1. The number of hydrogen-bond donors (Lipinski definition) is 0. The van der Waals surface area contributed by atoms with E-state index in [4.69, 9.17) is 4.52 Å². The van der Waals surface area contributed by atoms with Crippen molar-refractivity contribution in [1.29, 1.82) is 0 Å². The van der Waals surface area contributed by atoms with Crippen molar-refractivity contribution in [1.82, 2.24) is 24.7 Å². The molecular formula is C19H20F3N5O2. The number of rotatable bonds is 3. The van der Waals surface area contributed by atoms with Gasteiger partial charge in [-0.1, -0.05) is 12.1 Å². The number of fused-ring (bicyclic) bond motifs is 1. The number of likely N-dealkylation sites (tertiary alicyclic amines) is 1. The Labute approximate surface area is 164 Å². The molecule has 0 saturated carbocycles. The van der Waals surface area contributed by atoms with Crippen LogP contribution in [-0.4, -0.2) is 37.1 Å². The van der Waals surface area contributed by atoms with Crippen LogP contribution in [0.5, 0.6) is 0 Å². The molecule has 1 aliphatic heterocycles. The lowest BCUT2D eigenvalue weighted by Crippen LogP contribution is -2.38. The molecule has 3 aromatic rings. The lowest BCUT2D eigenvalue weighted by Gasteiger charge is -2.33. The second kappa shape index (κ2) is 7.16. The number of halogens is 3. The summed E-state index contributed by atoms with van der Waals surface area (Å²) in [6.07, 6.45) is -1.94. The van der Waals surface area contributed by atoms with Crippen LogP contribution in [0.2, 0.25) is 0 Å². The molecule has 0 aliphatic carbocycles. The SMILES string of the molecule is CCc1cc(C(F)(F)F)n2nc([C@H]3CCCCN3C(=O)c3cc(C)no3)cc2n1. The molecule has 10 heteroatoms. The average Bonchev–Trinajstić information content (AvgIpc) is 3.31. The molecule has 1 fully saturated rings. The monoisotopic (exact) mass is 407 g/mol. The molecule has 0 bridgehead atoms. The number of aromatic nitrogens is 4. The first-order valence-corrected chi connectivity index (χ1v) is 9.49. The van der Waals surface area contributed by atoms with Crippen molar-refractivity contribution in [3.63, 3.8) is 0 Å². The van der Waals surface area contributed by atoms with E-state index in [-0.39, 0.29) is 17.3 Å². The summed E-state index contributed by atoms with van der Waals surface area (Å²) >= 11 is 0. The van der Waals surface area contributed by atoms with Crippen molar-refractivity contribution in [3.8, 4) is 0 Å². The van der Waals surface area contributed by atoms with Gasteiger partial charge >= 0.3 is 6.18 Å². The van der Waals surface area contributed by atoms with Gasteiger partial charge in [0.25, 0.3) is 5.91 Å². The number of piperidine rings is 1. The van der Waals surface area contributed by atoms with Gasteiger partial charge < -0.3 is 9.42 Å². The second-order valence-electron chi connectivity index (χ2n) is 7.17. The zero-order valence-electron chi connectivity index (χ0n) is 16.0. The Morgan fingerprint density at radius 3 is 2.72 bits per heavy atom. The Morgan fingerprint density at radius 1 is 1.28 bits per heavy atom. The van der Waals surface area contributed by atoms with Crippen LogP contribution in [-0.2, 0) is 12.6 Å². The van der Waals surface area contributed by atoms with Gasteiger partial charge in [0.2, 0.25) is 5.76 Å². The smallest absolute Gasteiger partial charge is 0.351 e. The zero-order chi connectivity index (χ0) is 20.8. The fourth-order valence-corrected chi connectivity index (χ4v) is 3.68.